The van der Waals surface area contributed by atoms with E-state index in [0.717, 1.165) is 18.8 Å². The Labute approximate surface area is 102 Å². The van der Waals surface area contributed by atoms with Gasteiger partial charge in [-0.1, -0.05) is 0 Å². The zero-order valence-electron chi connectivity index (χ0n) is 10.3. The molecule has 1 aliphatic carbocycles. The fourth-order valence-corrected chi connectivity index (χ4v) is 2.02. The summed E-state index contributed by atoms with van der Waals surface area (Å²) in [6.45, 7) is 1.66. The first-order valence-electron chi connectivity index (χ1n) is 6.18. The summed E-state index contributed by atoms with van der Waals surface area (Å²) < 4.78 is 5.12. The molecule has 1 aliphatic rings. The number of hydrogen-bond donors (Lipinski definition) is 1. The minimum Gasteiger partial charge on any atom is -0.480 e. The summed E-state index contributed by atoms with van der Waals surface area (Å²) in [4.78, 5) is 10.9. The van der Waals surface area contributed by atoms with Gasteiger partial charge in [0, 0.05) is 12.6 Å². The van der Waals surface area contributed by atoms with Crippen LogP contribution in [0.5, 0.6) is 5.88 Å². The van der Waals surface area contributed by atoms with Gasteiger partial charge >= 0.3 is 0 Å². The highest BCUT2D eigenvalue weighted by molar-refractivity contribution is 5.39. The normalized spacial score (nSPS) is 15.4. The molecule has 0 radical (unpaired) electrons. The molecule has 5 nitrogen and oxygen atoms in total. The van der Waals surface area contributed by atoms with Crippen molar-refractivity contribution in [2.75, 3.05) is 25.1 Å². The van der Waals surface area contributed by atoms with Gasteiger partial charge in [0.2, 0.25) is 5.88 Å². The van der Waals surface area contributed by atoms with Gasteiger partial charge in [0.15, 0.2) is 5.82 Å². The number of nitrogens with zero attached hydrogens (tertiary/aromatic N) is 3. The molecule has 2 N–H and O–H groups in total. The standard InChI is InChI=1S/C12H20N4O/c1-17-12-9-14-8-11(15-12)16(7-3-6-13)10-4-2-5-10/h8-10H,2-7,13H2,1H3. The number of aromatic nitrogens is 2. The smallest absolute Gasteiger partial charge is 0.233 e. The molecule has 0 saturated heterocycles. The van der Waals surface area contributed by atoms with E-state index < -0.39 is 0 Å². The van der Waals surface area contributed by atoms with E-state index >= 15 is 0 Å². The Balaban J connectivity index is 2.11. The van der Waals surface area contributed by atoms with Gasteiger partial charge in [-0.2, -0.15) is 4.98 Å². The molecule has 0 bridgehead atoms. The van der Waals surface area contributed by atoms with E-state index in [-0.39, 0.29) is 0 Å². The molecule has 2 rings (SSSR count). The van der Waals surface area contributed by atoms with Gasteiger partial charge in [-0.15, -0.1) is 0 Å². The summed E-state index contributed by atoms with van der Waals surface area (Å²) in [7, 11) is 1.61. The van der Waals surface area contributed by atoms with E-state index in [1.165, 1.54) is 19.3 Å². The molecule has 0 atom stereocenters. The average Bonchev–Trinajstić information content (AvgIpc) is 2.32. The molecule has 17 heavy (non-hydrogen) atoms. The Morgan fingerprint density at radius 2 is 2.29 bits per heavy atom. The summed E-state index contributed by atoms with van der Waals surface area (Å²) in [6, 6.07) is 0.600. The predicted molar refractivity (Wildman–Crippen MR) is 67.2 cm³/mol. The number of hydrogen-bond acceptors (Lipinski definition) is 5. The second-order valence-corrected chi connectivity index (χ2v) is 4.34. The van der Waals surface area contributed by atoms with Crippen molar-refractivity contribution in [1.82, 2.24) is 9.97 Å². The van der Waals surface area contributed by atoms with Crippen molar-refractivity contribution in [2.24, 2.45) is 5.73 Å². The van der Waals surface area contributed by atoms with Crippen LogP contribution < -0.4 is 15.4 Å². The molecule has 1 heterocycles. The lowest BCUT2D eigenvalue weighted by molar-refractivity contribution is 0.374. The molecule has 0 aliphatic heterocycles. The SMILES string of the molecule is COc1cncc(N(CCCN)C2CCC2)n1. The van der Waals surface area contributed by atoms with Gasteiger partial charge in [-0.3, -0.25) is 4.98 Å². The molecule has 1 aromatic rings. The van der Waals surface area contributed by atoms with Crippen LogP contribution >= 0.6 is 0 Å². The first kappa shape index (κ1) is 12.1. The lowest BCUT2D eigenvalue weighted by Gasteiger charge is -2.38. The fraction of sp³-hybridized carbons (Fsp3) is 0.667. The third kappa shape index (κ3) is 2.85. The van der Waals surface area contributed by atoms with Gasteiger partial charge in [0.25, 0.3) is 0 Å². The molecule has 0 amide bonds. The molecular formula is C12H20N4O. The number of methoxy groups -OCH3 is 1. The van der Waals surface area contributed by atoms with Crippen LogP contribution in [0.3, 0.4) is 0 Å². The fourth-order valence-electron chi connectivity index (χ4n) is 2.02. The molecule has 0 aromatic carbocycles. The molecule has 94 valence electrons. The average molecular weight is 236 g/mol. The van der Waals surface area contributed by atoms with Crippen molar-refractivity contribution in [3.05, 3.63) is 12.4 Å². The Kier molecular flexibility index (Phi) is 4.14. The molecular weight excluding hydrogens is 216 g/mol. The van der Waals surface area contributed by atoms with Crippen molar-refractivity contribution in [1.29, 1.82) is 0 Å². The number of nitrogens with two attached hydrogens (primary N) is 1. The summed E-state index contributed by atoms with van der Waals surface area (Å²) in [6.07, 6.45) is 8.20. The highest BCUT2D eigenvalue weighted by atomic mass is 16.5. The highest BCUT2D eigenvalue weighted by Gasteiger charge is 2.25. The van der Waals surface area contributed by atoms with Crippen molar-refractivity contribution in [2.45, 2.75) is 31.7 Å². The van der Waals surface area contributed by atoms with E-state index in [0.29, 0.717) is 18.5 Å². The monoisotopic (exact) mass is 236 g/mol. The third-order valence-corrected chi connectivity index (χ3v) is 3.22. The summed E-state index contributed by atoms with van der Waals surface area (Å²) in [5.41, 5.74) is 5.58. The van der Waals surface area contributed by atoms with Gasteiger partial charge in [-0.25, -0.2) is 0 Å². The maximum absolute atomic E-state index is 5.58. The second kappa shape index (κ2) is 5.82. The topological polar surface area (TPSA) is 64.3 Å². The van der Waals surface area contributed by atoms with Crippen LogP contribution in [0.4, 0.5) is 5.82 Å². The largest absolute Gasteiger partial charge is 0.480 e. The Morgan fingerprint density at radius 1 is 1.47 bits per heavy atom. The van der Waals surface area contributed by atoms with E-state index in [1.807, 2.05) is 0 Å². The molecule has 1 fully saturated rings. The van der Waals surface area contributed by atoms with Crippen LogP contribution in [-0.4, -0.2) is 36.2 Å². The van der Waals surface area contributed by atoms with Crippen molar-refractivity contribution >= 4 is 5.82 Å². The van der Waals surface area contributed by atoms with E-state index in [4.69, 9.17) is 10.5 Å². The van der Waals surface area contributed by atoms with Crippen molar-refractivity contribution in [3.63, 3.8) is 0 Å². The molecule has 0 unspecified atom stereocenters. The van der Waals surface area contributed by atoms with Crippen LogP contribution in [0, 0.1) is 0 Å². The Bertz CT molecular complexity index is 354. The lowest BCUT2D eigenvalue weighted by Crippen LogP contribution is -2.42. The maximum atomic E-state index is 5.58. The van der Waals surface area contributed by atoms with Gasteiger partial charge in [0.05, 0.1) is 19.5 Å². The molecule has 1 aromatic heterocycles. The van der Waals surface area contributed by atoms with Crippen LogP contribution in [0.1, 0.15) is 25.7 Å². The van der Waals surface area contributed by atoms with E-state index in [1.54, 1.807) is 19.5 Å². The van der Waals surface area contributed by atoms with Crippen molar-refractivity contribution < 1.29 is 4.74 Å². The number of ether oxygens (including phenoxy) is 1. The minimum absolute atomic E-state index is 0.569. The molecule has 0 spiro atoms. The summed E-state index contributed by atoms with van der Waals surface area (Å²) in [5, 5.41) is 0. The second-order valence-electron chi connectivity index (χ2n) is 4.34. The number of anilines is 1. The number of rotatable bonds is 6. The highest BCUT2D eigenvalue weighted by Crippen LogP contribution is 2.28. The first-order valence-corrected chi connectivity index (χ1v) is 6.18. The first-order chi connectivity index (χ1) is 8.35. The summed E-state index contributed by atoms with van der Waals surface area (Å²) in [5.74, 6) is 1.47. The molecule has 5 heteroatoms. The quantitative estimate of drug-likeness (QED) is 0.804. The summed E-state index contributed by atoms with van der Waals surface area (Å²) >= 11 is 0. The van der Waals surface area contributed by atoms with Crippen molar-refractivity contribution in [3.8, 4) is 5.88 Å². The van der Waals surface area contributed by atoms with Gasteiger partial charge in [0.1, 0.15) is 0 Å². The Morgan fingerprint density at radius 3 is 2.88 bits per heavy atom. The van der Waals surface area contributed by atoms with E-state index in [9.17, 15) is 0 Å². The van der Waals surface area contributed by atoms with Crippen LogP contribution in [0.15, 0.2) is 12.4 Å². The Hall–Kier alpha value is -1.36. The van der Waals surface area contributed by atoms with Crippen LogP contribution in [0.2, 0.25) is 0 Å². The van der Waals surface area contributed by atoms with Gasteiger partial charge in [-0.05, 0) is 32.2 Å². The minimum atomic E-state index is 0.569. The van der Waals surface area contributed by atoms with Gasteiger partial charge < -0.3 is 15.4 Å². The zero-order chi connectivity index (χ0) is 12.1. The molecule has 1 saturated carbocycles. The van der Waals surface area contributed by atoms with E-state index in [2.05, 4.69) is 14.9 Å². The maximum Gasteiger partial charge on any atom is 0.233 e. The third-order valence-electron chi connectivity index (χ3n) is 3.22. The van der Waals surface area contributed by atoms with Crippen LogP contribution in [-0.2, 0) is 0 Å². The lowest BCUT2D eigenvalue weighted by atomic mass is 9.91. The predicted octanol–water partition coefficient (Wildman–Crippen LogP) is 1.19. The van der Waals surface area contributed by atoms with Crippen LogP contribution in [0.25, 0.3) is 0 Å². The zero-order valence-corrected chi connectivity index (χ0v) is 10.3.